The molecule has 7 unspecified atom stereocenters. The van der Waals surface area contributed by atoms with Crippen molar-refractivity contribution in [1.29, 1.82) is 0 Å². The van der Waals surface area contributed by atoms with Crippen LogP contribution in [0.5, 0.6) is 0 Å². The van der Waals surface area contributed by atoms with Gasteiger partial charge in [0.2, 0.25) is 5.91 Å². The van der Waals surface area contributed by atoms with Crippen molar-refractivity contribution in [3.63, 3.8) is 0 Å². The third-order valence-electron chi connectivity index (χ3n) is 8.62. The summed E-state index contributed by atoms with van der Waals surface area (Å²) >= 11 is 0. The number of rotatable bonds is 28. The Hall–Kier alpha value is -1.07. The predicted octanol–water partition coefficient (Wildman–Crippen LogP) is 5.44. The lowest BCUT2D eigenvalue weighted by molar-refractivity contribution is -0.302. The number of hydrogen-bond donors (Lipinski definition) is 6. The summed E-state index contributed by atoms with van der Waals surface area (Å²) in [5.74, 6) is -0.160. The van der Waals surface area contributed by atoms with Gasteiger partial charge in [-0.25, -0.2) is 0 Å². The van der Waals surface area contributed by atoms with E-state index in [1.165, 1.54) is 70.6 Å². The number of amides is 1. The highest BCUT2D eigenvalue weighted by Crippen LogP contribution is 2.23. The molecule has 1 saturated heterocycles. The second-order valence-corrected chi connectivity index (χ2v) is 12.7. The fourth-order valence-corrected chi connectivity index (χ4v) is 5.62. The normalized spacial score (nSPS) is 23.7. The van der Waals surface area contributed by atoms with E-state index in [1.807, 2.05) is 0 Å². The minimum atomic E-state index is -1.55. The topological polar surface area (TPSA) is 149 Å². The van der Waals surface area contributed by atoms with Crippen molar-refractivity contribution in [3.8, 4) is 0 Å². The number of nitrogens with one attached hydrogen (secondary N) is 1. The predicted molar refractivity (Wildman–Crippen MR) is 175 cm³/mol. The van der Waals surface area contributed by atoms with Gasteiger partial charge in [0.05, 0.1) is 25.4 Å². The van der Waals surface area contributed by atoms with E-state index in [0.717, 1.165) is 51.4 Å². The van der Waals surface area contributed by atoms with Crippen LogP contribution < -0.4 is 5.32 Å². The average Bonchev–Trinajstić information content (AvgIpc) is 3.02. The molecule has 0 aromatic carbocycles. The maximum atomic E-state index is 12.8. The summed E-state index contributed by atoms with van der Waals surface area (Å²) in [6.07, 6.45) is 19.6. The highest BCUT2D eigenvalue weighted by molar-refractivity contribution is 5.76. The standard InChI is InChI=1S/C35H67NO8/c1-3-5-7-9-11-12-13-14-15-16-17-18-19-21-23-25-31(39)36-28(29(38)24-22-20-10-8-6-4-2)27-43-35-34(42)33(41)32(40)30(26-37)44-35/h14-15,28-30,32-35,37-38,40-42H,3-13,16-27H2,1-2H3,(H,36,39)/b15-14-. The van der Waals surface area contributed by atoms with Gasteiger partial charge < -0.3 is 40.3 Å². The first-order valence-corrected chi connectivity index (χ1v) is 17.9. The molecule has 1 aliphatic heterocycles. The second kappa shape index (κ2) is 27.1. The van der Waals surface area contributed by atoms with Gasteiger partial charge in [0, 0.05) is 6.42 Å². The summed E-state index contributed by atoms with van der Waals surface area (Å²) < 4.78 is 11.1. The molecule has 1 amide bonds. The van der Waals surface area contributed by atoms with Crippen molar-refractivity contribution in [1.82, 2.24) is 5.32 Å². The number of aliphatic hydroxyl groups is 5. The molecule has 0 bridgehead atoms. The van der Waals surface area contributed by atoms with E-state index in [-0.39, 0.29) is 12.5 Å². The molecule has 0 saturated carbocycles. The summed E-state index contributed by atoms with van der Waals surface area (Å²) in [7, 11) is 0. The molecule has 44 heavy (non-hydrogen) atoms. The lowest BCUT2D eigenvalue weighted by Crippen LogP contribution is -2.60. The molecule has 1 aliphatic rings. The zero-order valence-corrected chi connectivity index (χ0v) is 27.9. The van der Waals surface area contributed by atoms with Crippen molar-refractivity contribution in [2.45, 2.75) is 192 Å². The molecule has 0 aliphatic carbocycles. The number of hydrogen-bond acceptors (Lipinski definition) is 8. The lowest BCUT2D eigenvalue weighted by Gasteiger charge is -2.40. The van der Waals surface area contributed by atoms with Gasteiger partial charge in [-0.05, 0) is 38.5 Å². The summed E-state index contributed by atoms with van der Waals surface area (Å²) in [4.78, 5) is 12.8. The molecular formula is C35H67NO8. The van der Waals surface area contributed by atoms with Gasteiger partial charge in [0.25, 0.3) is 0 Å². The fourth-order valence-electron chi connectivity index (χ4n) is 5.62. The van der Waals surface area contributed by atoms with Gasteiger partial charge in [-0.3, -0.25) is 4.79 Å². The quantitative estimate of drug-likeness (QED) is 0.0495. The highest BCUT2D eigenvalue weighted by atomic mass is 16.7. The third kappa shape index (κ3) is 18.8. The Kier molecular flexibility index (Phi) is 25.2. The Labute approximate surface area is 267 Å². The molecule has 0 radical (unpaired) electrons. The summed E-state index contributed by atoms with van der Waals surface area (Å²) in [5, 5.41) is 53.6. The van der Waals surface area contributed by atoms with Gasteiger partial charge in [-0.2, -0.15) is 0 Å². The van der Waals surface area contributed by atoms with Crippen LogP contribution in [0.3, 0.4) is 0 Å². The summed E-state index contributed by atoms with van der Waals surface area (Å²) in [5.41, 5.74) is 0. The molecule has 0 aromatic heterocycles. The second-order valence-electron chi connectivity index (χ2n) is 12.7. The first-order chi connectivity index (χ1) is 21.3. The van der Waals surface area contributed by atoms with E-state index in [4.69, 9.17) is 9.47 Å². The molecule has 0 aromatic rings. The molecule has 7 atom stereocenters. The highest BCUT2D eigenvalue weighted by Gasteiger charge is 2.44. The van der Waals surface area contributed by atoms with Crippen LogP contribution >= 0.6 is 0 Å². The van der Waals surface area contributed by atoms with Crippen molar-refractivity contribution in [3.05, 3.63) is 12.2 Å². The van der Waals surface area contributed by atoms with Gasteiger partial charge in [-0.15, -0.1) is 0 Å². The maximum Gasteiger partial charge on any atom is 0.220 e. The number of ether oxygens (including phenoxy) is 2. The molecule has 9 nitrogen and oxygen atoms in total. The van der Waals surface area contributed by atoms with E-state index in [9.17, 15) is 30.3 Å². The number of aliphatic hydroxyl groups excluding tert-OH is 5. The summed E-state index contributed by atoms with van der Waals surface area (Å²) in [6.45, 7) is 3.72. The van der Waals surface area contributed by atoms with E-state index in [2.05, 4.69) is 31.3 Å². The van der Waals surface area contributed by atoms with Gasteiger partial charge in [-0.1, -0.05) is 116 Å². The molecule has 1 fully saturated rings. The van der Waals surface area contributed by atoms with E-state index in [1.54, 1.807) is 0 Å². The monoisotopic (exact) mass is 629 g/mol. The maximum absolute atomic E-state index is 12.8. The summed E-state index contributed by atoms with van der Waals surface area (Å²) in [6, 6.07) is -0.714. The van der Waals surface area contributed by atoms with Gasteiger partial charge >= 0.3 is 0 Å². The van der Waals surface area contributed by atoms with Crippen LogP contribution in [-0.4, -0.2) is 87.5 Å². The van der Waals surface area contributed by atoms with Crippen LogP contribution in [0.25, 0.3) is 0 Å². The molecule has 260 valence electrons. The Morgan fingerprint density at radius 1 is 0.750 bits per heavy atom. The fraction of sp³-hybridized carbons (Fsp3) is 0.914. The molecule has 9 heteroatoms. The molecule has 1 rings (SSSR count). The van der Waals surface area contributed by atoms with E-state index >= 15 is 0 Å². The zero-order valence-electron chi connectivity index (χ0n) is 27.9. The number of carbonyl (C=O) groups is 1. The van der Waals surface area contributed by atoms with Crippen LogP contribution in [0.1, 0.15) is 149 Å². The number of unbranched alkanes of at least 4 members (excludes halogenated alkanes) is 16. The van der Waals surface area contributed by atoms with Crippen molar-refractivity contribution < 1.29 is 39.8 Å². The van der Waals surface area contributed by atoms with Crippen LogP contribution in [0.15, 0.2) is 12.2 Å². The number of allylic oxidation sites excluding steroid dienone is 2. The molecular weight excluding hydrogens is 562 g/mol. The average molecular weight is 630 g/mol. The molecule has 1 heterocycles. The minimum absolute atomic E-state index is 0.141. The molecule has 6 N–H and O–H groups in total. The van der Waals surface area contributed by atoms with Gasteiger partial charge in [0.15, 0.2) is 6.29 Å². The Bertz CT molecular complexity index is 706. The Balaban J connectivity index is 2.38. The van der Waals surface area contributed by atoms with Crippen molar-refractivity contribution >= 4 is 5.91 Å². The largest absolute Gasteiger partial charge is 0.394 e. The van der Waals surface area contributed by atoms with Crippen LogP contribution in [0, 0.1) is 0 Å². The van der Waals surface area contributed by atoms with E-state index in [0.29, 0.717) is 12.8 Å². The van der Waals surface area contributed by atoms with Crippen molar-refractivity contribution in [2.24, 2.45) is 0 Å². The van der Waals surface area contributed by atoms with Gasteiger partial charge in [0.1, 0.15) is 24.4 Å². The Morgan fingerprint density at radius 2 is 1.27 bits per heavy atom. The number of carbonyl (C=O) groups excluding carboxylic acids is 1. The first kappa shape index (κ1) is 41.0. The first-order valence-electron chi connectivity index (χ1n) is 17.9. The third-order valence-corrected chi connectivity index (χ3v) is 8.62. The zero-order chi connectivity index (χ0) is 32.4. The van der Waals surface area contributed by atoms with Crippen LogP contribution in [-0.2, 0) is 14.3 Å². The van der Waals surface area contributed by atoms with E-state index < -0.39 is 49.5 Å². The lowest BCUT2D eigenvalue weighted by atomic mass is 9.99. The smallest absolute Gasteiger partial charge is 0.220 e. The Morgan fingerprint density at radius 3 is 1.84 bits per heavy atom. The molecule has 0 spiro atoms. The van der Waals surface area contributed by atoms with Crippen LogP contribution in [0.2, 0.25) is 0 Å². The van der Waals surface area contributed by atoms with Crippen LogP contribution in [0.4, 0.5) is 0 Å². The van der Waals surface area contributed by atoms with Crippen molar-refractivity contribution in [2.75, 3.05) is 13.2 Å². The minimum Gasteiger partial charge on any atom is -0.394 e. The SMILES string of the molecule is CCCCCCCC/C=C\CCCCCCCC(=O)NC(COC1OC(CO)C(O)C(O)C1O)C(O)CCCCCCCC.